The van der Waals surface area contributed by atoms with Gasteiger partial charge in [0, 0.05) is 5.41 Å². The van der Waals surface area contributed by atoms with Gasteiger partial charge >= 0.3 is 11.9 Å². The number of carbonyl (C=O) groups excluding carboxylic acids is 2. The molecule has 0 saturated heterocycles. The topological polar surface area (TPSA) is 74.2 Å². The van der Waals surface area contributed by atoms with Crippen molar-refractivity contribution in [2.24, 2.45) is 51.3 Å². The van der Waals surface area contributed by atoms with Gasteiger partial charge < -0.3 is 14.2 Å². The Hall–Kier alpha value is -1.43. The van der Waals surface area contributed by atoms with Crippen molar-refractivity contribution in [3.63, 3.8) is 0 Å². The van der Waals surface area contributed by atoms with Gasteiger partial charge in [0.15, 0.2) is 6.23 Å². The molecule has 128 valence electrons. The molecule has 0 spiro atoms. The Kier molecular flexibility index (Phi) is 1.98. The third-order valence-electron chi connectivity index (χ3n) is 7.96. The van der Waals surface area contributed by atoms with Crippen LogP contribution in [-0.2, 0) is 23.8 Å². The van der Waals surface area contributed by atoms with Gasteiger partial charge in [0.1, 0.15) is 11.3 Å². The monoisotopic (exact) mass is 331 g/mol. The Labute approximate surface area is 139 Å². The predicted octanol–water partition coefficient (Wildman–Crippen LogP) is 1.04. The summed E-state index contributed by atoms with van der Waals surface area (Å²) in [5, 5.41) is 0. The molecule has 0 radical (unpaired) electrons. The van der Waals surface area contributed by atoms with Crippen molar-refractivity contribution in [1.82, 2.24) is 0 Å². The number of esters is 2. The fourth-order valence-electron chi connectivity index (χ4n) is 7.74. The SMILES string of the molecule is COC(=O)C1=NC(C23C4C5C2C2C3C4C52C(=O)OC(C)(C)C)OC1. The molecule has 7 aliphatic rings. The Morgan fingerprint density at radius 3 is 2.21 bits per heavy atom. The van der Waals surface area contributed by atoms with Gasteiger partial charge in [0.05, 0.1) is 19.1 Å². The van der Waals surface area contributed by atoms with E-state index in [0.717, 1.165) is 0 Å². The average molecular weight is 331 g/mol. The highest BCUT2D eigenvalue weighted by Crippen LogP contribution is 3.11. The van der Waals surface area contributed by atoms with Crippen LogP contribution in [0.1, 0.15) is 20.8 Å². The maximum Gasteiger partial charge on any atom is 0.354 e. The molecule has 6 fully saturated rings. The van der Waals surface area contributed by atoms with Crippen LogP contribution < -0.4 is 0 Å². The standard InChI is InChI=1S/C18H21NO5/c1-16(2,3)24-15(21)18-10-7-11(18)9-12(18)8(10)17(7,9)14-19-6(5-23-14)13(20)22-4/h7-12,14H,5H2,1-4H3. The highest BCUT2D eigenvalue weighted by atomic mass is 16.6. The molecule has 0 amide bonds. The molecule has 24 heavy (non-hydrogen) atoms. The predicted molar refractivity (Wildman–Crippen MR) is 80.8 cm³/mol. The lowest BCUT2D eigenvalue weighted by molar-refractivity contribution is -0.654. The first-order valence-corrected chi connectivity index (χ1v) is 8.81. The fourth-order valence-corrected chi connectivity index (χ4v) is 7.74. The number of ether oxygens (including phenoxy) is 3. The van der Waals surface area contributed by atoms with Gasteiger partial charge in [0.25, 0.3) is 0 Å². The molecule has 1 heterocycles. The third kappa shape index (κ3) is 0.960. The number of aliphatic imine (C=N–C) groups is 1. The van der Waals surface area contributed by atoms with Crippen molar-refractivity contribution in [3.8, 4) is 0 Å². The minimum absolute atomic E-state index is 0.0261. The summed E-state index contributed by atoms with van der Waals surface area (Å²) in [5.41, 5.74) is -0.0571. The van der Waals surface area contributed by atoms with Gasteiger partial charge in [0.2, 0.25) is 0 Å². The van der Waals surface area contributed by atoms with E-state index in [1.807, 2.05) is 20.8 Å². The van der Waals surface area contributed by atoms with Crippen LogP contribution >= 0.6 is 0 Å². The molecule has 0 aromatic rings. The van der Waals surface area contributed by atoms with Gasteiger partial charge in [-0.2, -0.15) is 0 Å². The van der Waals surface area contributed by atoms with E-state index in [0.29, 0.717) is 41.2 Å². The Bertz CT molecular complexity index is 693. The Balaban J connectivity index is 1.23. The van der Waals surface area contributed by atoms with Crippen molar-refractivity contribution < 1.29 is 23.8 Å². The van der Waals surface area contributed by atoms with Crippen LogP contribution in [0, 0.1) is 46.3 Å². The lowest BCUT2D eigenvalue weighted by Crippen LogP contribution is -3.12. The molecular weight excluding hydrogens is 310 g/mol. The largest absolute Gasteiger partial charge is 0.464 e. The number of hydrogen-bond acceptors (Lipinski definition) is 6. The molecule has 6 nitrogen and oxygen atoms in total. The van der Waals surface area contributed by atoms with Gasteiger partial charge in [-0.15, -0.1) is 0 Å². The second-order valence-electron chi connectivity index (χ2n) is 9.32. The number of carbonyl (C=O) groups is 2. The number of hydrogen-bond donors (Lipinski definition) is 0. The van der Waals surface area contributed by atoms with Crippen molar-refractivity contribution in [2.45, 2.75) is 32.6 Å². The normalized spacial score (nSPS) is 56.5. The molecule has 6 heteroatoms. The molecular formula is C18H21NO5. The van der Waals surface area contributed by atoms with Gasteiger partial charge in [-0.3, -0.25) is 4.79 Å². The van der Waals surface area contributed by atoms with Crippen molar-refractivity contribution in [2.75, 3.05) is 13.7 Å². The molecule has 6 aliphatic carbocycles. The summed E-state index contributed by atoms with van der Waals surface area (Å²) in [6.07, 6.45) is -0.202. The fraction of sp³-hybridized carbons (Fsp3) is 0.833. The average Bonchev–Trinajstić information content (AvgIpc) is 3.01. The highest BCUT2D eigenvalue weighted by molar-refractivity contribution is 6.37. The lowest BCUT2D eigenvalue weighted by Gasteiger charge is -3.10. The van der Waals surface area contributed by atoms with E-state index < -0.39 is 5.60 Å². The van der Waals surface area contributed by atoms with E-state index in [1.54, 1.807) is 0 Å². The van der Waals surface area contributed by atoms with E-state index in [2.05, 4.69) is 4.99 Å². The second kappa shape index (κ2) is 3.43. The van der Waals surface area contributed by atoms with Crippen LogP contribution in [0.25, 0.3) is 0 Å². The van der Waals surface area contributed by atoms with Crippen LogP contribution in [0.3, 0.4) is 0 Å². The van der Waals surface area contributed by atoms with Crippen LogP contribution in [0.2, 0.25) is 0 Å². The zero-order valence-corrected chi connectivity index (χ0v) is 14.2. The van der Waals surface area contributed by atoms with Gasteiger partial charge in [-0.05, 0) is 56.3 Å². The van der Waals surface area contributed by atoms with E-state index in [9.17, 15) is 9.59 Å². The first-order chi connectivity index (χ1) is 11.3. The van der Waals surface area contributed by atoms with Crippen molar-refractivity contribution in [3.05, 3.63) is 0 Å². The molecule has 0 N–H and O–H groups in total. The maximum atomic E-state index is 12.7. The lowest BCUT2D eigenvalue weighted by atomic mass is 8.92. The zero-order valence-electron chi connectivity index (χ0n) is 14.2. The van der Waals surface area contributed by atoms with Crippen LogP contribution in [-0.4, -0.2) is 43.2 Å². The maximum absolute atomic E-state index is 12.7. The molecule has 1 aliphatic heterocycles. The van der Waals surface area contributed by atoms with Gasteiger partial charge in [-0.1, -0.05) is 0 Å². The van der Waals surface area contributed by atoms with Crippen LogP contribution in [0.15, 0.2) is 4.99 Å². The van der Waals surface area contributed by atoms with Crippen molar-refractivity contribution in [1.29, 1.82) is 0 Å². The molecule has 7 rings (SSSR count). The first-order valence-electron chi connectivity index (χ1n) is 8.81. The quantitative estimate of drug-likeness (QED) is 0.722. The number of rotatable bonds is 3. The minimum Gasteiger partial charge on any atom is -0.464 e. The highest BCUT2D eigenvalue weighted by Gasteiger charge is 3.13. The van der Waals surface area contributed by atoms with E-state index >= 15 is 0 Å². The Morgan fingerprint density at radius 2 is 1.71 bits per heavy atom. The van der Waals surface area contributed by atoms with Gasteiger partial charge in [-0.25, -0.2) is 9.79 Å². The third-order valence-corrected chi connectivity index (χ3v) is 7.96. The second-order valence-corrected chi connectivity index (χ2v) is 9.32. The smallest absolute Gasteiger partial charge is 0.354 e. The van der Waals surface area contributed by atoms with E-state index in [4.69, 9.17) is 14.2 Å². The minimum atomic E-state index is -0.418. The zero-order chi connectivity index (χ0) is 16.8. The van der Waals surface area contributed by atoms with E-state index in [-0.39, 0.29) is 35.6 Å². The van der Waals surface area contributed by atoms with E-state index in [1.165, 1.54) is 7.11 Å². The summed E-state index contributed by atoms with van der Waals surface area (Å²) in [6.45, 7) is 6.05. The summed E-state index contributed by atoms with van der Waals surface area (Å²) >= 11 is 0. The van der Waals surface area contributed by atoms with Crippen molar-refractivity contribution >= 4 is 17.7 Å². The summed E-state index contributed by atoms with van der Waals surface area (Å²) < 4.78 is 16.3. The molecule has 6 saturated carbocycles. The summed E-state index contributed by atoms with van der Waals surface area (Å²) in [6, 6.07) is 0. The van der Waals surface area contributed by atoms with Crippen LogP contribution in [0.4, 0.5) is 0 Å². The molecule has 0 bridgehead atoms. The molecule has 0 aromatic heterocycles. The summed E-state index contributed by atoms with van der Waals surface area (Å²) in [7, 11) is 1.37. The van der Waals surface area contributed by atoms with Crippen LogP contribution in [0.5, 0.6) is 0 Å². The molecule has 0 aromatic carbocycles. The first kappa shape index (κ1) is 13.8. The number of methoxy groups -OCH3 is 1. The summed E-state index contributed by atoms with van der Waals surface area (Å²) in [4.78, 5) is 28.9. The summed E-state index contributed by atoms with van der Waals surface area (Å²) in [5.74, 6) is 2.73. The molecule has 1 unspecified atom stereocenters. The molecule has 1 atom stereocenters. The Morgan fingerprint density at radius 1 is 1.12 bits per heavy atom. The number of nitrogens with zero attached hydrogens (tertiary/aromatic N) is 1.